The number of fused-ring (bicyclic) bond motifs is 1. The third-order valence-corrected chi connectivity index (χ3v) is 5.71. The van der Waals surface area contributed by atoms with Crippen molar-refractivity contribution in [1.29, 1.82) is 0 Å². The summed E-state index contributed by atoms with van der Waals surface area (Å²) >= 11 is 0. The van der Waals surface area contributed by atoms with Crippen molar-refractivity contribution in [3.05, 3.63) is 28.3 Å². The van der Waals surface area contributed by atoms with Crippen LogP contribution in [0.4, 0.5) is 5.69 Å². The van der Waals surface area contributed by atoms with Crippen molar-refractivity contribution >= 4 is 22.9 Å². The standard InChI is InChI=1S/C16H23N3OS/c1-5-12-8-14-13(10-17-14)15(9-12)18-6-7-19(21(4)20)16(2,3)11-18/h8-10H,5-7,11H2,1-4H3. The van der Waals surface area contributed by atoms with Gasteiger partial charge in [0.2, 0.25) is 0 Å². The fourth-order valence-corrected chi connectivity index (χ4v) is 4.37. The molecule has 1 aromatic carbocycles. The van der Waals surface area contributed by atoms with Gasteiger partial charge in [0.1, 0.15) is 0 Å². The van der Waals surface area contributed by atoms with Gasteiger partial charge in [0.05, 0.1) is 16.3 Å². The first-order chi connectivity index (χ1) is 9.92. The minimum Gasteiger partial charge on any atom is -0.368 e. The Bertz CT molecular complexity index is 711. The van der Waals surface area contributed by atoms with E-state index in [4.69, 9.17) is 0 Å². The largest absolute Gasteiger partial charge is 0.368 e. The van der Waals surface area contributed by atoms with E-state index in [1.807, 2.05) is 6.20 Å². The molecule has 1 saturated heterocycles. The molecule has 0 aliphatic carbocycles. The molecular weight excluding hydrogens is 282 g/mol. The van der Waals surface area contributed by atoms with Crippen LogP contribution in [0.1, 0.15) is 26.3 Å². The van der Waals surface area contributed by atoms with Crippen LogP contribution in [-0.2, 0) is 17.4 Å². The van der Waals surface area contributed by atoms with Crippen LogP contribution in [0.3, 0.4) is 0 Å². The van der Waals surface area contributed by atoms with Gasteiger partial charge < -0.3 is 4.90 Å². The zero-order chi connectivity index (χ0) is 15.2. The van der Waals surface area contributed by atoms with Crippen LogP contribution in [0.25, 0.3) is 6.20 Å². The second-order valence-corrected chi connectivity index (χ2v) is 7.71. The normalized spacial score (nSPS) is 21.8. The highest BCUT2D eigenvalue weighted by molar-refractivity contribution is 7.81. The monoisotopic (exact) mass is 305 g/mol. The van der Waals surface area contributed by atoms with E-state index in [2.05, 4.69) is 47.1 Å². The van der Waals surface area contributed by atoms with Gasteiger partial charge in [-0.15, -0.1) is 0 Å². The zero-order valence-electron chi connectivity index (χ0n) is 13.2. The molecule has 4 nitrogen and oxygen atoms in total. The quantitative estimate of drug-likeness (QED) is 0.829. The van der Waals surface area contributed by atoms with Crippen molar-refractivity contribution in [2.75, 3.05) is 30.8 Å². The lowest BCUT2D eigenvalue weighted by atomic mass is 10.00. The molecule has 1 aromatic rings. The Balaban J connectivity index is 1.94. The molecule has 21 heavy (non-hydrogen) atoms. The summed E-state index contributed by atoms with van der Waals surface area (Å²) in [7, 11) is -0.914. The number of hydrogen-bond acceptors (Lipinski definition) is 3. The van der Waals surface area contributed by atoms with Gasteiger partial charge in [-0.1, -0.05) is 6.92 Å². The molecule has 0 amide bonds. The predicted molar refractivity (Wildman–Crippen MR) is 88.1 cm³/mol. The number of rotatable bonds is 3. The number of hydrogen-bond donors (Lipinski definition) is 0. The van der Waals surface area contributed by atoms with Gasteiger partial charge in [0.15, 0.2) is 0 Å². The summed E-state index contributed by atoms with van der Waals surface area (Å²) in [5.74, 6) is 0. The highest BCUT2D eigenvalue weighted by Crippen LogP contribution is 2.25. The number of nitrogens with zero attached hydrogens (tertiary/aromatic N) is 3. The van der Waals surface area contributed by atoms with Crippen LogP contribution in [0.2, 0.25) is 0 Å². The molecule has 2 aliphatic rings. The first kappa shape index (κ1) is 14.7. The molecule has 0 N–H and O–H groups in total. The van der Waals surface area contributed by atoms with Crippen molar-refractivity contribution < 1.29 is 4.21 Å². The Hall–Kier alpha value is -1.20. The highest BCUT2D eigenvalue weighted by atomic mass is 32.2. The minimum atomic E-state index is -0.914. The third kappa shape index (κ3) is 2.53. The second-order valence-electron chi connectivity index (χ2n) is 6.42. The average molecular weight is 305 g/mol. The lowest BCUT2D eigenvalue weighted by molar-refractivity contribution is 0.216. The van der Waals surface area contributed by atoms with Gasteiger partial charge >= 0.3 is 0 Å². The summed E-state index contributed by atoms with van der Waals surface area (Å²) in [6.07, 6.45) is 4.76. The van der Waals surface area contributed by atoms with Gasteiger partial charge in [0.25, 0.3) is 0 Å². The zero-order valence-corrected chi connectivity index (χ0v) is 14.0. The Morgan fingerprint density at radius 1 is 1.33 bits per heavy atom. The summed E-state index contributed by atoms with van der Waals surface area (Å²) in [4.78, 5) is 6.79. The third-order valence-electron chi connectivity index (χ3n) is 4.41. The molecule has 0 bridgehead atoms. The van der Waals surface area contributed by atoms with E-state index in [1.165, 1.54) is 16.5 Å². The summed E-state index contributed by atoms with van der Waals surface area (Å²) in [5.41, 5.74) is 2.53. The summed E-state index contributed by atoms with van der Waals surface area (Å²) < 4.78 is 14.0. The molecule has 0 spiro atoms. The lowest BCUT2D eigenvalue weighted by Gasteiger charge is -2.46. The Kier molecular flexibility index (Phi) is 3.66. The van der Waals surface area contributed by atoms with Crippen LogP contribution in [0, 0.1) is 0 Å². The molecule has 2 aliphatic heterocycles. The van der Waals surface area contributed by atoms with Crippen molar-refractivity contribution in [2.45, 2.75) is 32.7 Å². The van der Waals surface area contributed by atoms with Gasteiger partial charge in [-0.25, -0.2) is 8.51 Å². The fourth-order valence-electron chi connectivity index (χ4n) is 3.27. The van der Waals surface area contributed by atoms with E-state index in [1.54, 1.807) is 6.26 Å². The van der Waals surface area contributed by atoms with Crippen LogP contribution in [0.5, 0.6) is 0 Å². The molecule has 0 radical (unpaired) electrons. The van der Waals surface area contributed by atoms with Crippen LogP contribution >= 0.6 is 0 Å². The van der Waals surface area contributed by atoms with Gasteiger partial charge in [0, 0.05) is 48.5 Å². The van der Waals surface area contributed by atoms with Crippen molar-refractivity contribution in [3.63, 3.8) is 0 Å². The molecule has 0 aromatic heterocycles. The smallest absolute Gasteiger partial charge is 0.0917 e. The maximum absolute atomic E-state index is 11.9. The van der Waals surface area contributed by atoms with Crippen molar-refractivity contribution in [1.82, 2.24) is 4.31 Å². The Labute approximate surface area is 128 Å². The second kappa shape index (κ2) is 5.21. The van der Waals surface area contributed by atoms with E-state index < -0.39 is 11.0 Å². The molecule has 5 heteroatoms. The maximum atomic E-state index is 11.9. The molecule has 1 fully saturated rings. The van der Waals surface area contributed by atoms with Crippen LogP contribution < -0.4 is 15.5 Å². The van der Waals surface area contributed by atoms with Gasteiger partial charge in [-0.3, -0.25) is 4.99 Å². The number of anilines is 1. The summed E-state index contributed by atoms with van der Waals surface area (Å²) in [6, 6.07) is 4.47. The molecular formula is C16H23N3OS. The topological polar surface area (TPSA) is 35.9 Å². The molecule has 3 rings (SSSR count). The van der Waals surface area contributed by atoms with E-state index in [0.717, 1.165) is 31.4 Å². The van der Waals surface area contributed by atoms with Crippen molar-refractivity contribution in [2.24, 2.45) is 4.99 Å². The average Bonchev–Trinajstić information content (AvgIpc) is 2.38. The van der Waals surface area contributed by atoms with E-state index in [9.17, 15) is 4.21 Å². The van der Waals surface area contributed by atoms with Gasteiger partial charge in [-0.2, -0.15) is 0 Å². The van der Waals surface area contributed by atoms with Gasteiger partial charge in [-0.05, 0) is 38.0 Å². The van der Waals surface area contributed by atoms with Crippen molar-refractivity contribution in [3.8, 4) is 0 Å². The highest BCUT2D eigenvalue weighted by Gasteiger charge is 2.36. The Morgan fingerprint density at radius 2 is 2.10 bits per heavy atom. The first-order valence-electron chi connectivity index (χ1n) is 7.49. The Morgan fingerprint density at radius 3 is 2.62 bits per heavy atom. The molecule has 2 heterocycles. The first-order valence-corrected chi connectivity index (χ1v) is 9.01. The van der Waals surface area contributed by atoms with E-state index in [0.29, 0.717) is 0 Å². The summed E-state index contributed by atoms with van der Waals surface area (Å²) in [6.45, 7) is 9.15. The van der Waals surface area contributed by atoms with Crippen LogP contribution in [-0.4, -0.2) is 39.9 Å². The minimum absolute atomic E-state index is 0.0894. The molecule has 1 atom stereocenters. The maximum Gasteiger partial charge on any atom is 0.0917 e. The number of aryl methyl sites for hydroxylation is 1. The fraction of sp³-hybridized carbons (Fsp3) is 0.562. The van der Waals surface area contributed by atoms with Crippen LogP contribution in [0.15, 0.2) is 17.1 Å². The van der Waals surface area contributed by atoms with E-state index >= 15 is 0 Å². The molecule has 114 valence electrons. The van der Waals surface area contributed by atoms with E-state index in [-0.39, 0.29) is 5.54 Å². The molecule has 0 saturated carbocycles. The SMILES string of the molecule is CCc1cc(N2CCN(S(C)=O)C(C)(C)C2)c2c(c1)=NC=2. The number of piperazine rings is 1. The predicted octanol–water partition coefficient (Wildman–Crippen LogP) is 0.814. The number of benzene rings is 1. The molecule has 1 unspecified atom stereocenters. The summed E-state index contributed by atoms with van der Waals surface area (Å²) in [5, 5.41) is 2.37. The lowest BCUT2D eigenvalue weighted by Crippen LogP contribution is -2.60.